The number of nitrogens with one attached hydrogen (secondary N) is 2. The summed E-state index contributed by atoms with van der Waals surface area (Å²) in [6.45, 7) is -1.43. The molecule has 0 saturated heterocycles. The molecule has 1 atom stereocenters. The lowest BCUT2D eigenvalue weighted by atomic mass is 10.2. The summed E-state index contributed by atoms with van der Waals surface area (Å²) in [5.74, 6) is -2.16. The van der Waals surface area contributed by atoms with Crippen LogP contribution >= 0.6 is 15.9 Å². The van der Waals surface area contributed by atoms with Gasteiger partial charge in [-0.2, -0.15) is 4.72 Å². The van der Waals surface area contributed by atoms with Crippen molar-refractivity contribution >= 4 is 37.8 Å². The Morgan fingerprint density at radius 1 is 1.10 bits per heavy atom. The standard InChI is InChI=1S/C18H18BrFN2O6S/c19-13-3-7-15(8-4-13)29(26,27)22-16(10-23)18(25)28-11-17(24)21-9-12-1-5-14(20)6-2-12/h1-8,16,22-23H,9-11H2,(H,21,24). The number of benzene rings is 2. The van der Waals surface area contributed by atoms with E-state index >= 15 is 0 Å². The lowest BCUT2D eigenvalue weighted by Gasteiger charge is -2.15. The zero-order chi connectivity index (χ0) is 21.4. The van der Waals surface area contributed by atoms with Crippen molar-refractivity contribution in [1.29, 1.82) is 0 Å². The first-order chi connectivity index (χ1) is 13.7. The average Bonchev–Trinajstić information content (AvgIpc) is 2.70. The average molecular weight is 489 g/mol. The van der Waals surface area contributed by atoms with Crippen LogP contribution in [0.1, 0.15) is 5.56 Å². The predicted octanol–water partition coefficient (Wildman–Crippen LogP) is 1.09. The van der Waals surface area contributed by atoms with Crippen molar-refractivity contribution in [3.05, 3.63) is 64.4 Å². The van der Waals surface area contributed by atoms with Gasteiger partial charge in [0.15, 0.2) is 6.61 Å². The van der Waals surface area contributed by atoms with Gasteiger partial charge in [-0.25, -0.2) is 12.8 Å². The van der Waals surface area contributed by atoms with Crippen molar-refractivity contribution < 1.29 is 32.2 Å². The van der Waals surface area contributed by atoms with Crippen molar-refractivity contribution in [2.75, 3.05) is 13.2 Å². The predicted molar refractivity (Wildman–Crippen MR) is 105 cm³/mol. The van der Waals surface area contributed by atoms with Crippen LogP contribution < -0.4 is 10.0 Å². The Balaban J connectivity index is 1.86. The van der Waals surface area contributed by atoms with Crippen molar-refractivity contribution in [2.24, 2.45) is 0 Å². The van der Waals surface area contributed by atoms with Crippen LogP contribution in [0, 0.1) is 5.82 Å². The molecule has 2 rings (SSSR count). The molecule has 0 spiro atoms. The van der Waals surface area contributed by atoms with E-state index in [-0.39, 0.29) is 11.4 Å². The second kappa shape index (κ2) is 10.4. The molecule has 0 fully saturated rings. The second-order valence-corrected chi connectivity index (χ2v) is 8.45. The first-order valence-corrected chi connectivity index (χ1v) is 10.6. The molecular formula is C18H18BrFN2O6S. The molecule has 11 heteroatoms. The molecule has 8 nitrogen and oxygen atoms in total. The van der Waals surface area contributed by atoms with Gasteiger partial charge in [-0.1, -0.05) is 28.1 Å². The van der Waals surface area contributed by atoms with Gasteiger partial charge >= 0.3 is 5.97 Å². The lowest BCUT2D eigenvalue weighted by molar-refractivity contribution is -0.151. The number of amides is 1. The molecule has 0 heterocycles. The van der Waals surface area contributed by atoms with E-state index in [1.54, 1.807) is 0 Å². The number of aliphatic hydroxyl groups excluding tert-OH is 1. The number of ether oxygens (including phenoxy) is 1. The fourth-order valence-electron chi connectivity index (χ4n) is 2.12. The normalized spacial score (nSPS) is 12.2. The summed E-state index contributed by atoms with van der Waals surface area (Å²) in [5.41, 5.74) is 0.640. The first kappa shape index (κ1) is 22.9. The Kier molecular flexibility index (Phi) is 8.26. The van der Waals surface area contributed by atoms with Crippen LogP contribution in [0.2, 0.25) is 0 Å². The zero-order valence-corrected chi connectivity index (χ0v) is 17.4. The van der Waals surface area contributed by atoms with E-state index in [0.29, 0.717) is 10.0 Å². The van der Waals surface area contributed by atoms with Crippen LogP contribution in [0.25, 0.3) is 0 Å². The fraction of sp³-hybridized carbons (Fsp3) is 0.222. The second-order valence-electron chi connectivity index (χ2n) is 5.82. The largest absolute Gasteiger partial charge is 0.454 e. The van der Waals surface area contributed by atoms with Crippen LogP contribution in [0.4, 0.5) is 4.39 Å². The van der Waals surface area contributed by atoms with Crippen molar-refractivity contribution in [3.8, 4) is 0 Å². The number of aliphatic hydroxyl groups is 1. The van der Waals surface area contributed by atoms with E-state index in [4.69, 9.17) is 4.74 Å². The molecule has 29 heavy (non-hydrogen) atoms. The van der Waals surface area contributed by atoms with Crippen LogP contribution in [-0.2, 0) is 30.9 Å². The number of carbonyl (C=O) groups is 2. The summed E-state index contributed by atoms with van der Waals surface area (Å²) >= 11 is 3.18. The lowest BCUT2D eigenvalue weighted by Crippen LogP contribution is -2.45. The Labute approximate surface area is 175 Å². The van der Waals surface area contributed by atoms with E-state index in [1.807, 2.05) is 4.72 Å². The molecule has 0 aliphatic carbocycles. The summed E-state index contributed by atoms with van der Waals surface area (Å²) < 4.78 is 44.9. The highest BCUT2D eigenvalue weighted by molar-refractivity contribution is 9.10. The topological polar surface area (TPSA) is 122 Å². The third-order valence-corrected chi connectivity index (χ3v) is 5.65. The maximum Gasteiger partial charge on any atom is 0.327 e. The van der Waals surface area contributed by atoms with E-state index < -0.39 is 47.0 Å². The van der Waals surface area contributed by atoms with Crippen molar-refractivity contribution in [1.82, 2.24) is 10.0 Å². The van der Waals surface area contributed by atoms with Crippen molar-refractivity contribution in [2.45, 2.75) is 17.5 Å². The number of hydrogen-bond donors (Lipinski definition) is 3. The third-order valence-electron chi connectivity index (χ3n) is 3.64. The molecule has 3 N–H and O–H groups in total. The molecule has 2 aromatic carbocycles. The van der Waals surface area contributed by atoms with E-state index in [9.17, 15) is 27.5 Å². The van der Waals surface area contributed by atoms with Crippen LogP contribution in [-0.4, -0.2) is 44.7 Å². The van der Waals surface area contributed by atoms with E-state index in [2.05, 4.69) is 21.2 Å². The molecule has 156 valence electrons. The smallest absolute Gasteiger partial charge is 0.327 e. The van der Waals surface area contributed by atoms with Gasteiger partial charge in [-0.3, -0.25) is 9.59 Å². The SMILES string of the molecule is O=C(COC(=O)C(CO)NS(=O)(=O)c1ccc(Br)cc1)NCc1ccc(F)cc1. The maximum absolute atomic E-state index is 12.8. The van der Waals surface area contributed by atoms with Gasteiger partial charge in [0.25, 0.3) is 5.91 Å². The number of halogens is 2. The molecule has 0 saturated carbocycles. The van der Waals surface area contributed by atoms with Gasteiger partial charge in [0.05, 0.1) is 11.5 Å². The monoisotopic (exact) mass is 488 g/mol. The van der Waals surface area contributed by atoms with Gasteiger partial charge in [-0.05, 0) is 42.0 Å². The molecule has 2 aromatic rings. The summed E-state index contributed by atoms with van der Waals surface area (Å²) in [5, 5.41) is 11.8. The number of rotatable bonds is 9. The van der Waals surface area contributed by atoms with Gasteiger partial charge < -0.3 is 15.2 Å². The Hall–Kier alpha value is -2.34. The van der Waals surface area contributed by atoms with Gasteiger partial charge in [0.2, 0.25) is 10.0 Å². The molecule has 1 amide bonds. The number of sulfonamides is 1. The molecule has 0 aromatic heterocycles. The van der Waals surface area contributed by atoms with Crippen LogP contribution in [0.5, 0.6) is 0 Å². The summed E-state index contributed by atoms with van der Waals surface area (Å²) in [4.78, 5) is 23.7. The quantitative estimate of drug-likeness (QED) is 0.454. The first-order valence-electron chi connectivity index (χ1n) is 8.28. The van der Waals surface area contributed by atoms with Crippen molar-refractivity contribution in [3.63, 3.8) is 0 Å². The molecule has 0 aliphatic rings. The van der Waals surface area contributed by atoms with Crippen LogP contribution in [0.15, 0.2) is 57.9 Å². The minimum atomic E-state index is -4.08. The number of hydrogen-bond acceptors (Lipinski definition) is 6. The van der Waals surface area contributed by atoms with Gasteiger partial charge in [0, 0.05) is 11.0 Å². The zero-order valence-electron chi connectivity index (χ0n) is 15.0. The number of esters is 1. The maximum atomic E-state index is 12.8. The minimum Gasteiger partial charge on any atom is -0.454 e. The Morgan fingerprint density at radius 3 is 2.31 bits per heavy atom. The fourth-order valence-corrected chi connectivity index (χ4v) is 3.56. The van der Waals surface area contributed by atoms with Gasteiger partial charge in [0.1, 0.15) is 11.9 Å². The molecular weight excluding hydrogens is 471 g/mol. The molecule has 0 bridgehead atoms. The highest BCUT2D eigenvalue weighted by atomic mass is 79.9. The molecule has 0 aliphatic heterocycles. The van der Waals surface area contributed by atoms with E-state index in [0.717, 1.165) is 0 Å². The molecule has 1 unspecified atom stereocenters. The molecule has 0 radical (unpaired) electrons. The summed E-state index contributed by atoms with van der Waals surface area (Å²) in [6, 6.07) is 9.52. The third kappa shape index (κ3) is 7.20. The van der Waals surface area contributed by atoms with Gasteiger partial charge in [-0.15, -0.1) is 0 Å². The highest BCUT2D eigenvalue weighted by Crippen LogP contribution is 2.15. The summed E-state index contributed by atoms with van der Waals surface area (Å²) in [7, 11) is -4.08. The summed E-state index contributed by atoms with van der Waals surface area (Å²) in [6.07, 6.45) is 0. The highest BCUT2D eigenvalue weighted by Gasteiger charge is 2.27. The Bertz CT molecular complexity index is 951. The van der Waals surface area contributed by atoms with E-state index in [1.165, 1.54) is 48.5 Å². The number of carbonyl (C=O) groups excluding carboxylic acids is 2. The van der Waals surface area contributed by atoms with Crippen LogP contribution in [0.3, 0.4) is 0 Å². The Morgan fingerprint density at radius 2 is 1.72 bits per heavy atom. The minimum absolute atomic E-state index is 0.0935.